The third-order valence-corrected chi connectivity index (χ3v) is 6.39. The van der Waals surface area contributed by atoms with Crippen LogP contribution in [0.4, 0.5) is 4.79 Å². The molecule has 0 saturated carbocycles. The lowest BCUT2D eigenvalue weighted by molar-refractivity contribution is -0.146. The summed E-state index contributed by atoms with van der Waals surface area (Å²) in [6.07, 6.45) is 1.34. The van der Waals surface area contributed by atoms with Crippen molar-refractivity contribution in [2.45, 2.75) is 24.9 Å². The molecule has 2 aromatic carbocycles. The van der Waals surface area contributed by atoms with Gasteiger partial charge < -0.3 is 20.1 Å². The van der Waals surface area contributed by atoms with Gasteiger partial charge in [0, 0.05) is 24.2 Å². The zero-order valence-corrected chi connectivity index (χ0v) is 18.3. The Morgan fingerprint density at radius 1 is 1.03 bits per heavy atom. The molecule has 5 rings (SSSR count). The van der Waals surface area contributed by atoms with Crippen molar-refractivity contribution in [2.75, 3.05) is 13.2 Å². The molecule has 8 heteroatoms. The number of alkyl carbamates (subject to hydrolysis) is 1. The topological polar surface area (TPSA) is 109 Å². The van der Waals surface area contributed by atoms with Gasteiger partial charge in [0.25, 0.3) is 5.91 Å². The molecule has 2 amide bonds. The fraction of sp³-hybridized carbons (Fsp3) is 0.231. The molecule has 0 spiro atoms. The average Bonchev–Trinajstić information content (AvgIpc) is 3.14. The van der Waals surface area contributed by atoms with Crippen molar-refractivity contribution in [3.63, 3.8) is 0 Å². The van der Waals surface area contributed by atoms with Crippen LogP contribution in [0.3, 0.4) is 0 Å². The van der Waals surface area contributed by atoms with Gasteiger partial charge in [-0.1, -0.05) is 48.5 Å². The van der Waals surface area contributed by atoms with Crippen LogP contribution in [-0.2, 0) is 16.1 Å². The molecular formula is C26H23N3O5. The van der Waals surface area contributed by atoms with Gasteiger partial charge in [-0.15, -0.1) is 0 Å². The van der Waals surface area contributed by atoms with E-state index in [4.69, 9.17) is 9.84 Å². The number of nitrogens with zero attached hydrogens (tertiary/aromatic N) is 2. The lowest BCUT2D eigenvalue weighted by atomic mass is 9.98. The normalized spacial score (nSPS) is 16.2. The molecule has 1 atom stereocenters. The summed E-state index contributed by atoms with van der Waals surface area (Å²) < 4.78 is 5.53. The Morgan fingerprint density at radius 3 is 2.32 bits per heavy atom. The van der Waals surface area contributed by atoms with Crippen molar-refractivity contribution in [1.29, 1.82) is 0 Å². The zero-order chi connectivity index (χ0) is 23.7. The monoisotopic (exact) mass is 457 g/mol. The van der Waals surface area contributed by atoms with Crippen molar-refractivity contribution in [2.24, 2.45) is 0 Å². The van der Waals surface area contributed by atoms with Gasteiger partial charge in [0.2, 0.25) is 0 Å². The first kappa shape index (κ1) is 21.6. The van der Waals surface area contributed by atoms with Gasteiger partial charge >= 0.3 is 12.1 Å². The third kappa shape index (κ3) is 3.98. The Hall–Kier alpha value is -4.20. The minimum absolute atomic E-state index is 0.0315. The summed E-state index contributed by atoms with van der Waals surface area (Å²) in [5.41, 5.74) is 5.40. The fourth-order valence-corrected chi connectivity index (χ4v) is 4.57. The molecule has 172 valence electrons. The molecule has 0 radical (unpaired) electrons. The van der Waals surface area contributed by atoms with Crippen LogP contribution in [0.5, 0.6) is 0 Å². The van der Waals surface area contributed by atoms with E-state index in [0.29, 0.717) is 24.2 Å². The molecule has 1 saturated heterocycles. The zero-order valence-electron chi connectivity index (χ0n) is 18.3. The summed E-state index contributed by atoms with van der Waals surface area (Å²) in [5, 5.41) is 11.8. The molecule has 1 aromatic heterocycles. The second-order valence-electron chi connectivity index (χ2n) is 8.36. The number of aliphatic carboxylic acids is 1. The molecule has 8 nitrogen and oxygen atoms in total. The molecule has 1 aliphatic heterocycles. The molecule has 1 aliphatic carbocycles. The Bertz CT molecular complexity index is 1230. The summed E-state index contributed by atoms with van der Waals surface area (Å²) in [6.45, 7) is 0.697. The molecule has 1 fully saturated rings. The highest BCUT2D eigenvalue weighted by atomic mass is 16.5. The number of aromatic nitrogens is 1. The molecule has 2 aliphatic rings. The number of carboxylic acid groups (broad SMARTS) is 1. The van der Waals surface area contributed by atoms with Crippen LogP contribution in [-0.4, -0.2) is 52.2 Å². The Labute approximate surface area is 196 Å². The number of nitrogens with one attached hydrogen (secondary N) is 1. The van der Waals surface area contributed by atoms with Gasteiger partial charge in [-0.05, 0) is 40.8 Å². The van der Waals surface area contributed by atoms with E-state index in [2.05, 4.69) is 34.6 Å². The van der Waals surface area contributed by atoms with E-state index in [9.17, 15) is 14.4 Å². The number of carboxylic acids is 1. The number of pyridine rings is 1. The molecule has 0 bridgehead atoms. The highest BCUT2D eigenvalue weighted by Crippen LogP contribution is 2.44. The predicted octanol–water partition coefficient (Wildman–Crippen LogP) is 3.42. The molecule has 34 heavy (non-hydrogen) atoms. The van der Waals surface area contributed by atoms with Gasteiger partial charge in [0.1, 0.15) is 12.6 Å². The molecule has 2 N–H and O–H groups in total. The minimum atomic E-state index is -1.01. The highest BCUT2D eigenvalue weighted by Gasteiger charge is 2.38. The Morgan fingerprint density at radius 2 is 1.71 bits per heavy atom. The van der Waals surface area contributed by atoms with Crippen molar-refractivity contribution in [1.82, 2.24) is 15.2 Å². The summed E-state index contributed by atoms with van der Waals surface area (Å²) in [4.78, 5) is 41.7. The number of carbonyl (C=O) groups is 3. The van der Waals surface area contributed by atoms with Crippen LogP contribution >= 0.6 is 0 Å². The number of ether oxygens (including phenoxy) is 1. The predicted molar refractivity (Wildman–Crippen MR) is 123 cm³/mol. The summed E-state index contributed by atoms with van der Waals surface area (Å²) in [7, 11) is 0. The third-order valence-electron chi connectivity index (χ3n) is 6.39. The van der Waals surface area contributed by atoms with Crippen LogP contribution in [0.15, 0.2) is 66.9 Å². The van der Waals surface area contributed by atoms with E-state index < -0.39 is 18.1 Å². The molecule has 1 unspecified atom stereocenters. The number of likely N-dealkylation sites (tertiary alicyclic amines) is 1. The Kier molecular flexibility index (Phi) is 5.71. The standard InChI is InChI=1S/C26H23N3O5/c30-24(29-12-10-23(29)25(31)32)16-9-11-27-17(13-16)14-28-26(33)34-15-22-20-7-3-1-5-18(20)19-6-2-4-8-21(19)22/h1-9,11,13,22-23H,10,12,14-15H2,(H,28,33)(H,31,32). The number of hydrogen-bond acceptors (Lipinski definition) is 5. The first-order chi connectivity index (χ1) is 16.5. The summed E-state index contributed by atoms with van der Waals surface area (Å²) in [6, 6.07) is 18.5. The largest absolute Gasteiger partial charge is 0.480 e. The van der Waals surface area contributed by atoms with Crippen LogP contribution in [0, 0.1) is 0 Å². The number of benzene rings is 2. The minimum Gasteiger partial charge on any atom is -0.480 e. The summed E-state index contributed by atoms with van der Waals surface area (Å²) in [5.74, 6) is -1.40. The SMILES string of the molecule is O=C(NCc1cc(C(=O)N2CCC2C(=O)O)ccn1)OCC1c2ccccc2-c2ccccc21. The fourth-order valence-electron chi connectivity index (χ4n) is 4.57. The number of fused-ring (bicyclic) bond motifs is 3. The van der Waals surface area contributed by atoms with Crippen molar-refractivity contribution < 1.29 is 24.2 Å². The highest BCUT2D eigenvalue weighted by molar-refractivity contribution is 5.97. The first-order valence-electron chi connectivity index (χ1n) is 11.1. The van der Waals surface area contributed by atoms with E-state index in [-0.39, 0.29) is 25.0 Å². The quantitative estimate of drug-likeness (QED) is 0.587. The lowest BCUT2D eigenvalue weighted by Crippen LogP contribution is -2.55. The van der Waals surface area contributed by atoms with Crippen molar-refractivity contribution >= 4 is 18.0 Å². The van der Waals surface area contributed by atoms with E-state index >= 15 is 0 Å². The van der Waals surface area contributed by atoms with E-state index in [1.54, 1.807) is 6.07 Å². The average molecular weight is 457 g/mol. The number of carbonyl (C=O) groups excluding carboxylic acids is 2. The molecular weight excluding hydrogens is 434 g/mol. The first-order valence-corrected chi connectivity index (χ1v) is 11.1. The maximum Gasteiger partial charge on any atom is 0.407 e. The van der Waals surface area contributed by atoms with Crippen LogP contribution in [0.25, 0.3) is 11.1 Å². The van der Waals surface area contributed by atoms with Crippen molar-refractivity contribution in [3.8, 4) is 11.1 Å². The molecule has 3 aromatic rings. The van der Waals surface area contributed by atoms with Gasteiger partial charge in [-0.25, -0.2) is 9.59 Å². The van der Waals surface area contributed by atoms with Gasteiger partial charge in [0.15, 0.2) is 0 Å². The number of amides is 2. The summed E-state index contributed by atoms with van der Waals surface area (Å²) >= 11 is 0. The Balaban J connectivity index is 1.19. The second-order valence-corrected chi connectivity index (χ2v) is 8.36. The smallest absolute Gasteiger partial charge is 0.407 e. The number of hydrogen-bond donors (Lipinski definition) is 2. The number of rotatable bonds is 6. The molecule has 2 heterocycles. The van der Waals surface area contributed by atoms with Crippen LogP contribution in [0.2, 0.25) is 0 Å². The second kappa shape index (κ2) is 8.97. The maximum absolute atomic E-state index is 12.6. The van der Waals surface area contributed by atoms with Crippen LogP contribution in [0.1, 0.15) is 39.5 Å². The van der Waals surface area contributed by atoms with E-state index in [1.807, 2.05) is 24.3 Å². The maximum atomic E-state index is 12.6. The van der Waals surface area contributed by atoms with Gasteiger partial charge in [-0.3, -0.25) is 9.78 Å². The van der Waals surface area contributed by atoms with Gasteiger partial charge in [-0.2, -0.15) is 0 Å². The van der Waals surface area contributed by atoms with Crippen molar-refractivity contribution in [3.05, 3.63) is 89.2 Å². The van der Waals surface area contributed by atoms with E-state index in [1.165, 1.54) is 17.2 Å². The van der Waals surface area contributed by atoms with Crippen LogP contribution < -0.4 is 5.32 Å². The lowest BCUT2D eigenvalue weighted by Gasteiger charge is -2.37. The van der Waals surface area contributed by atoms with E-state index in [0.717, 1.165) is 22.3 Å². The van der Waals surface area contributed by atoms with Gasteiger partial charge in [0.05, 0.1) is 12.2 Å².